The van der Waals surface area contributed by atoms with Crippen molar-refractivity contribution in [3.63, 3.8) is 0 Å². The minimum atomic E-state index is 0.126. The number of aryl methyl sites for hydroxylation is 1. The number of hydrogen-bond acceptors (Lipinski definition) is 8. The van der Waals surface area contributed by atoms with Crippen molar-refractivity contribution in [1.29, 1.82) is 0 Å². The molecule has 3 rings (SSSR count). The summed E-state index contributed by atoms with van der Waals surface area (Å²) in [7, 11) is 1.87. The Balaban J connectivity index is 1.89. The summed E-state index contributed by atoms with van der Waals surface area (Å²) in [5.74, 6) is 1.76. The molecular formula is C12H14N8O. The van der Waals surface area contributed by atoms with Crippen LogP contribution < -0.4 is 10.6 Å². The molecule has 0 amide bonds. The molecule has 3 aromatic rings. The summed E-state index contributed by atoms with van der Waals surface area (Å²) in [4.78, 5) is 18.2. The normalized spacial score (nSPS) is 10.8. The van der Waals surface area contributed by atoms with Gasteiger partial charge in [0.25, 0.3) is 5.95 Å². The molecule has 0 fully saturated rings. The summed E-state index contributed by atoms with van der Waals surface area (Å²) in [6.45, 7) is 2.51. The zero-order valence-corrected chi connectivity index (χ0v) is 11.6. The third-order valence-electron chi connectivity index (χ3n) is 2.97. The van der Waals surface area contributed by atoms with Crippen LogP contribution in [-0.4, -0.2) is 36.8 Å². The number of hydrogen-bond donors (Lipinski definition) is 1. The average molecular weight is 286 g/mol. The Morgan fingerprint density at radius 3 is 2.86 bits per heavy atom. The Bertz CT molecular complexity index is 736. The van der Waals surface area contributed by atoms with E-state index < -0.39 is 0 Å². The summed E-state index contributed by atoms with van der Waals surface area (Å²) in [6, 6.07) is 1.91. The first-order valence-electron chi connectivity index (χ1n) is 6.24. The van der Waals surface area contributed by atoms with Gasteiger partial charge in [0.2, 0.25) is 11.9 Å². The Kier molecular flexibility index (Phi) is 3.22. The van der Waals surface area contributed by atoms with Crippen molar-refractivity contribution in [2.24, 2.45) is 0 Å². The van der Waals surface area contributed by atoms with Gasteiger partial charge in [0.1, 0.15) is 18.4 Å². The maximum absolute atomic E-state index is 5.74. The molecule has 2 N–H and O–H groups in total. The fourth-order valence-electron chi connectivity index (χ4n) is 1.86. The minimum absolute atomic E-state index is 0.126. The summed E-state index contributed by atoms with van der Waals surface area (Å²) >= 11 is 0. The highest BCUT2D eigenvalue weighted by molar-refractivity contribution is 5.38. The van der Waals surface area contributed by atoms with E-state index in [2.05, 4.69) is 25.0 Å². The molecule has 9 nitrogen and oxygen atoms in total. The molecule has 0 atom stereocenters. The summed E-state index contributed by atoms with van der Waals surface area (Å²) < 4.78 is 6.71. The third-order valence-corrected chi connectivity index (χ3v) is 2.97. The van der Waals surface area contributed by atoms with Crippen molar-refractivity contribution < 1.29 is 4.42 Å². The van der Waals surface area contributed by atoms with E-state index in [0.717, 1.165) is 11.3 Å². The van der Waals surface area contributed by atoms with Gasteiger partial charge >= 0.3 is 0 Å². The maximum atomic E-state index is 5.74. The quantitative estimate of drug-likeness (QED) is 0.741. The minimum Gasteiger partial charge on any atom is -0.469 e. The van der Waals surface area contributed by atoms with Crippen LogP contribution in [0.3, 0.4) is 0 Å². The van der Waals surface area contributed by atoms with Crippen molar-refractivity contribution in [1.82, 2.24) is 29.7 Å². The van der Waals surface area contributed by atoms with Gasteiger partial charge in [0, 0.05) is 19.2 Å². The lowest BCUT2D eigenvalue weighted by Gasteiger charge is -2.17. The monoisotopic (exact) mass is 286 g/mol. The largest absolute Gasteiger partial charge is 0.469 e. The summed E-state index contributed by atoms with van der Waals surface area (Å²) in [6.07, 6.45) is 4.55. The van der Waals surface area contributed by atoms with Crippen LogP contribution in [0.2, 0.25) is 0 Å². The molecule has 108 valence electrons. The van der Waals surface area contributed by atoms with Gasteiger partial charge < -0.3 is 15.1 Å². The molecule has 0 saturated heterocycles. The third kappa shape index (κ3) is 2.66. The highest BCUT2D eigenvalue weighted by Gasteiger charge is 2.12. The number of aromatic nitrogens is 6. The highest BCUT2D eigenvalue weighted by atomic mass is 16.3. The van der Waals surface area contributed by atoms with E-state index in [9.17, 15) is 0 Å². The summed E-state index contributed by atoms with van der Waals surface area (Å²) in [5.41, 5.74) is 6.79. The number of anilines is 2. The first-order chi connectivity index (χ1) is 10.1. The molecule has 3 heterocycles. The number of furan rings is 1. The second kappa shape index (κ2) is 5.19. The van der Waals surface area contributed by atoms with E-state index in [1.807, 2.05) is 24.9 Å². The topological polar surface area (TPSA) is 112 Å². The van der Waals surface area contributed by atoms with Crippen molar-refractivity contribution in [3.05, 3.63) is 36.3 Å². The van der Waals surface area contributed by atoms with Crippen LogP contribution in [0.15, 0.2) is 29.4 Å². The van der Waals surface area contributed by atoms with Gasteiger partial charge in [-0.2, -0.15) is 24.7 Å². The lowest BCUT2D eigenvalue weighted by atomic mass is 10.2. The smallest absolute Gasteiger partial charge is 0.258 e. The predicted molar refractivity (Wildman–Crippen MR) is 74.7 cm³/mol. The predicted octanol–water partition coefficient (Wildman–Crippen LogP) is 0.572. The second-order valence-electron chi connectivity index (χ2n) is 4.49. The molecule has 3 aromatic heterocycles. The zero-order chi connectivity index (χ0) is 14.8. The molecule has 0 aliphatic carbocycles. The molecule has 0 spiro atoms. The first kappa shape index (κ1) is 13.0. The number of nitrogen functional groups attached to an aromatic ring is 1. The Labute approximate surface area is 120 Å². The molecule has 0 aliphatic heterocycles. The second-order valence-corrected chi connectivity index (χ2v) is 4.49. The van der Waals surface area contributed by atoms with E-state index in [1.54, 1.807) is 6.26 Å². The van der Waals surface area contributed by atoms with E-state index in [1.165, 1.54) is 17.3 Å². The SMILES string of the molecule is Cc1occc1CN(C)c1nc(N)nc(-n2cncn2)n1. The zero-order valence-electron chi connectivity index (χ0n) is 11.6. The van der Waals surface area contributed by atoms with Crippen molar-refractivity contribution in [2.75, 3.05) is 17.7 Å². The van der Waals surface area contributed by atoms with Gasteiger partial charge in [-0.25, -0.2) is 4.98 Å². The van der Waals surface area contributed by atoms with Crippen molar-refractivity contribution in [3.8, 4) is 5.95 Å². The Morgan fingerprint density at radius 1 is 1.33 bits per heavy atom. The van der Waals surface area contributed by atoms with Gasteiger partial charge in [-0.15, -0.1) is 0 Å². The van der Waals surface area contributed by atoms with E-state index in [-0.39, 0.29) is 5.95 Å². The van der Waals surface area contributed by atoms with Gasteiger partial charge in [0.05, 0.1) is 6.26 Å². The van der Waals surface area contributed by atoms with Gasteiger partial charge in [0.15, 0.2) is 0 Å². The molecule has 0 aliphatic rings. The van der Waals surface area contributed by atoms with Crippen LogP contribution in [-0.2, 0) is 6.54 Å². The lowest BCUT2D eigenvalue weighted by molar-refractivity contribution is 0.529. The lowest BCUT2D eigenvalue weighted by Crippen LogP contribution is -2.21. The molecule has 0 aromatic carbocycles. The molecule has 0 saturated carbocycles. The fourth-order valence-corrected chi connectivity index (χ4v) is 1.86. The number of nitrogens with two attached hydrogens (primary N) is 1. The molecular weight excluding hydrogens is 272 g/mol. The van der Waals surface area contributed by atoms with E-state index >= 15 is 0 Å². The van der Waals surface area contributed by atoms with E-state index in [0.29, 0.717) is 18.4 Å². The Morgan fingerprint density at radius 2 is 2.19 bits per heavy atom. The first-order valence-corrected chi connectivity index (χ1v) is 6.24. The van der Waals surface area contributed by atoms with Gasteiger partial charge in [-0.3, -0.25) is 0 Å². The molecule has 0 bridgehead atoms. The fraction of sp³-hybridized carbons (Fsp3) is 0.250. The summed E-state index contributed by atoms with van der Waals surface area (Å²) in [5, 5.41) is 3.98. The van der Waals surface area contributed by atoms with E-state index in [4.69, 9.17) is 10.2 Å². The standard InChI is InChI=1S/C12H14N8O/c1-8-9(3-4-21-8)5-19(2)11-16-10(13)17-12(18-11)20-7-14-6-15-20/h3-4,6-7H,5H2,1-2H3,(H2,13,16,17,18). The van der Waals surface area contributed by atoms with Crippen LogP contribution in [0, 0.1) is 6.92 Å². The van der Waals surface area contributed by atoms with Crippen LogP contribution in [0.4, 0.5) is 11.9 Å². The highest BCUT2D eigenvalue weighted by Crippen LogP contribution is 2.16. The molecule has 21 heavy (non-hydrogen) atoms. The molecule has 0 unspecified atom stereocenters. The average Bonchev–Trinajstić information content (AvgIpc) is 3.11. The molecule has 9 heteroatoms. The van der Waals surface area contributed by atoms with Crippen LogP contribution in [0.1, 0.15) is 11.3 Å². The van der Waals surface area contributed by atoms with Gasteiger partial charge in [-0.1, -0.05) is 0 Å². The van der Waals surface area contributed by atoms with Crippen molar-refractivity contribution >= 4 is 11.9 Å². The van der Waals surface area contributed by atoms with Crippen LogP contribution >= 0.6 is 0 Å². The van der Waals surface area contributed by atoms with Gasteiger partial charge in [-0.05, 0) is 13.0 Å². The maximum Gasteiger partial charge on any atom is 0.258 e. The Hall–Kier alpha value is -2.97. The van der Waals surface area contributed by atoms with Crippen LogP contribution in [0.5, 0.6) is 0 Å². The number of nitrogens with zero attached hydrogens (tertiary/aromatic N) is 7. The van der Waals surface area contributed by atoms with Crippen molar-refractivity contribution in [2.45, 2.75) is 13.5 Å². The molecule has 0 radical (unpaired) electrons. The van der Waals surface area contributed by atoms with Crippen LogP contribution in [0.25, 0.3) is 5.95 Å². The number of rotatable bonds is 4.